The Balaban J connectivity index is 2.24. The first-order chi connectivity index (χ1) is 17.6. The number of hydrogen-bond acceptors (Lipinski definition) is 3. The summed E-state index contributed by atoms with van der Waals surface area (Å²) in [6.45, 7) is 36.9. The van der Waals surface area contributed by atoms with Crippen molar-refractivity contribution in [3.8, 4) is 0 Å². The highest BCUT2D eigenvalue weighted by Crippen LogP contribution is 2.65. The van der Waals surface area contributed by atoms with Crippen LogP contribution in [0.15, 0.2) is 48.2 Å². The standard InChI is InChI=1S/C33H54BN3Si2/c1-24-18-16-19-25(2)29(24)35-28(31(5,6)7)22-33(23-32(33,8)9)36(30-26(3)20-17-21-27(30)4)34(35)37(38(10,11)12)39(13,14)15/h16-22H,23H2,1-15H3. The zero-order valence-corrected chi connectivity index (χ0v) is 29.7. The van der Waals surface area contributed by atoms with E-state index in [4.69, 9.17) is 0 Å². The van der Waals surface area contributed by atoms with E-state index in [1.807, 2.05) is 0 Å². The summed E-state index contributed by atoms with van der Waals surface area (Å²) < 4.78 is 3.06. The van der Waals surface area contributed by atoms with Gasteiger partial charge in [0, 0.05) is 22.5 Å². The number of benzene rings is 2. The van der Waals surface area contributed by atoms with Gasteiger partial charge in [0.25, 0.3) is 0 Å². The van der Waals surface area contributed by atoms with E-state index in [1.54, 1.807) is 0 Å². The van der Waals surface area contributed by atoms with Crippen LogP contribution >= 0.6 is 0 Å². The van der Waals surface area contributed by atoms with Crippen LogP contribution in [0.3, 0.4) is 0 Å². The fourth-order valence-electron chi connectivity index (χ4n) is 7.53. The van der Waals surface area contributed by atoms with Gasteiger partial charge in [0.15, 0.2) is 0 Å². The zero-order valence-electron chi connectivity index (χ0n) is 27.7. The molecule has 3 nitrogen and oxygen atoms in total. The Labute approximate surface area is 243 Å². The number of anilines is 2. The molecule has 39 heavy (non-hydrogen) atoms. The van der Waals surface area contributed by atoms with Crippen LogP contribution in [0.25, 0.3) is 0 Å². The lowest BCUT2D eigenvalue weighted by Crippen LogP contribution is -2.79. The van der Waals surface area contributed by atoms with Crippen molar-refractivity contribution in [2.24, 2.45) is 10.8 Å². The maximum atomic E-state index is 3.06. The van der Waals surface area contributed by atoms with Gasteiger partial charge in [-0.3, -0.25) is 0 Å². The second-order valence-corrected chi connectivity index (χ2v) is 26.1. The quantitative estimate of drug-likeness (QED) is 0.338. The van der Waals surface area contributed by atoms with Crippen molar-refractivity contribution in [3.63, 3.8) is 0 Å². The summed E-state index contributed by atoms with van der Waals surface area (Å²) in [5, 5.41) is 0. The fourth-order valence-corrected chi connectivity index (χ4v) is 17.4. The van der Waals surface area contributed by atoms with Gasteiger partial charge in [0.2, 0.25) is 0 Å². The first-order valence-corrected chi connectivity index (χ1v) is 21.8. The summed E-state index contributed by atoms with van der Waals surface area (Å²) in [5.41, 5.74) is 9.90. The molecule has 1 aliphatic carbocycles. The van der Waals surface area contributed by atoms with Crippen LogP contribution < -0.4 is 9.62 Å². The Hall–Kier alpha value is -1.76. The normalized spacial score (nSPS) is 21.6. The molecule has 212 valence electrons. The van der Waals surface area contributed by atoms with Crippen LogP contribution in [-0.2, 0) is 0 Å². The first kappa shape index (κ1) is 30.2. The van der Waals surface area contributed by atoms with Crippen LogP contribution in [0.2, 0.25) is 39.3 Å². The van der Waals surface area contributed by atoms with E-state index < -0.39 is 16.5 Å². The monoisotopic (exact) mass is 559 g/mol. The molecule has 1 fully saturated rings. The number of allylic oxidation sites excluding steroid dienone is 1. The highest BCUT2D eigenvalue weighted by molar-refractivity contribution is 7.01. The third-order valence-corrected chi connectivity index (χ3v) is 16.5. The molecule has 1 saturated carbocycles. The molecular weight excluding hydrogens is 505 g/mol. The zero-order chi connectivity index (χ0) is 29.5. The Morgan fingerprint density at radius 2 is 1.13 bits per heavy atom. The highest BCUT2D eigenvalue weighted by Gasteiger charge is 2.70. The van der Waals surface area contributed by atoms with Gasteiger partial charge in [-0.25, -0.2) is 0 Å². The van der Waals surface area contributed by atoms with Crippen molar-refractivity contribution in [2.45, 2.75) is 114 Å². The van der Waals surface area contributed by atoms with E-state index >= 15 is 0 Å². The largest absolute Gasteiger partial charge is 0.462 e. The lowest BCUT2D eigenvalue weighted by atomic mass is 9.71. The van der Waals surface area contributed by atoms with Gasteiger partial charge in [-0.05, 0) is 67.9 Å². The van der Waals surface area contributed by atoms with Crippen molar-refractivity contribution in [1.29, 1.82) is 0 Å². The molecule has 2 aromatic carbocycles. The second kappa shape index (κ2) is 9.39. The average molecular weight is 560 g/mol. The minimum atomic E-state index is -1.81. The number of aryl methyl sites for hydroxylation is 4. The molecule has 1 atom stereocenters. The first-order valence-electron chi connectivity index (χ1n) is 14.9. The van der Waals surface area contributed by atoms with Crippen LogP contribution in [0, 0.1) is 38.5 Å². The summed E-state index contributed by atoms with van der Waals surface area (Å²) in [6, 6.07) is 13.7. The van der Waals surface area contributed by atoms with Gasteiger partial charge in [0.1, 0.15) is 16.5 Å². The highest BCUT2D eigenvalue weighted by atomic mass is 28.4. The van der Waals surface area contributed by atoms with Crippen LogP contribution in [-0.4, -0.2) is 33.3 Å². The molecule has 0 N–H and O–H groups in total. The van der Waals surface area contributed by atoms with Crippen molar-refractivity contribution >= 4 is 35.0 Å². The van der Waals surface area contributed by atoms with E-state index in [-0.39, 0.29) is 23.5 Å². The summed E-state index contributed by atoms with van der Waals surface area (Å²) in [5.74, 6) is 0. The van der Waals surface area contributed by atoms with E-state index in [9.17, 15) is 0 Å². The van der Waals surface area contributed by atoms with Gasteiger partial charge in [0.05, 0.1) is 5.54 Å². The van der Waals surface area contributed by atoms with Gasteiger partial charge in [-0.2, -0.15) is 0 Å². The minimum absolute atomic E-state index is 0.00391. The van der Waals surface area contributed by atoms with E-state index in [0.717, 1.165) is 0 Å². The minimum Gasteiger partial charge on any atom is -0.372 e. The van der Waals surface area contributed by atoms with Crippen molar-refractivity contribution in [2.75, 3.05) is 9.62 Å². The van der Waals surface area contributed by atoms with Crippen LogP contribution in [0.4, 0.5) is 11.4 Å². The molecule has 6 heteroatoms. The molecular formula is C33H54BN3Si2. The van der Waals surface area contributed by atoms with Crippen LogP contribution in [0.5, 0.6) is 0 Å². The third kappa shape index (κ3) is 4.99. The molecule has 2 aliphatic rings. The SMILES string of the molecule is Cc1cccc(C)c1N1B(N([Si](C)(C)C)[Si](C)(C)C)N(c2c(C)cccc2C)C2(C=C1C(C)(C)C)CC2(C)C. The molecule has 1 spiro atoms. The molecule has 1 heterocycles. The Kier molecular flexibility index (Phi) is 7.27. The molecule has 0 aromatic heterocycles. The molecule has 0 saturated heterocycles. The lowest BCUT2D eigenvalue weighted by molar-refractivity contribution is 0.468. The predicted molar refractivity (Wildman–Crippen MR) is 180 cm³/mol. The number of rotatable bonds is 5. The Bertz CT molecular complexity index is 1240. The number of nitrogens with zero attached hydrogens (tertiary/aromatic N) is 3. The lowest BCUT2D eigenvalue weighted by Gasteiger charge is -2.60. The second-order valence-electron chi connectivity index (χ2n) is 16.0. The fraction of sp³-hybridized carbons (Fsp3) is 0.576. The van der Waals surface area contributed by atoms with Crippen molar-refractivity contribution in [1.82, 2.24) is 4.14 Å². The molecule has 1 unspecified atom stereocenters. The summed E-state index contributed by atoms with van der Waals surface area (Å²) in [7, 11) is -3.51. The van der Waals surface area contributed by atoms with Gasteiger partial charge in [-0.1, -0.05) is 110 Å². The molecule has 4 rings (SSSR count). The van der Waals surface area contributed by atoms with Gasteiger partial charge < -0.3 is 13.8 Å². The number of para-hydroxylation sites is 2. The van der Waals surface area contributed by atoms with Crippen molar-refractivity contribution < 1.29 is 0 Å². The molecule has 0 radical (unpaired) electrons. The van der Waals surface area contributed by atoms with Gasteiger partial charge in [-0.15, -0.1) is 0 Å². The maximum Gasteiger partial charge on any atom is 0.462 e. The molecule has 2 aromatic rings. The maximum absolute atomic E-state index is 3.06. The van der Waals surface area contributed by atoms with Gasteiger partial charge >= 0.3 is 7.12 Å². The van der Waals surface area contributed by atoms with E-state index in [1.165, 1.54) is 45.7 Å². The Morgan fingerprint density at radius 3 is 1.46 bits per heavy atom. The summed E-state index contributed by atoms with van der Waals surface area (Å²) in [6.07, 6.45) is 3.88. The average Bonchev–Trinajstić information content (AvgIpc) is 3.28. The third-order valence-electron chi connectivity index (χ3n) is 9.09. The summed E-state index contributed by atoms with van der Waals surface area (Å²) in [4.78, 5) is 5.71. The predicted octanol–water partition coefficient (Wildman–Crippen LogP) is 9.30. The Morgan fingerprint density at radius 1 is 0.744 bits per heavy atom. The van der Waals surface area contributed by atoms with Crippen LogP contribution in [0.1, 0.15) is 63.3 Å². The van der Waals surface area contributed by atoms with E-state index in [0.29, 0.717) is 0 Å². The van der Waals surface area contributed by atoms with Crippen molar-refractivity contribution in [3.05, 3.63) is 70.4 Å². The summed E-state index contributed by atoms with van der Waals surface area (Å²) >= 11 is 0. The molecule has 0 amide bonds. The molecule has 0 bridgehead atoms. The molecule has 1 aliphatic heterocycles. The topological polar surface area (TPSA) is 9.72 Å². The number of hydrogen-bond donors (Lipinski definition) is 0. The van der Waals surface area contributed by atoms with E-state index in [2.05, 4.69) is 158 Å². The smallest absolute Gasteiger partial charge is 0.372 e.